The molecule has 78 valence electrons. The minimum atomic E-state index is 0.535. The number of hydrogen-bond acceptors (Lipinski definition) is 5. The van der Waals surface area contributed by atoms with Gasteiger partial charge in [-0.1, -0.05) is 6.92 Å². The van der Waals surface area contributed by atoms with Crippen LogP contribution in [0.1, 0.15) is 12.5 Å². The summed E-state index contributed by atoms with van der Waals surface area (Å²) in [6, 6.07) is 0. The highest BCUT2D eigenvalue weighted by molar-refractivity contribution is 5.12. The van der Waals surface area contributed by atoms with Crippen LogP contribution < -0.4 is 5.32 Å². The Hall–Kier alpha value is -1.82. The minimum Gasteiger partial charge on any atom is -0.313 e. The van der Waals surface area contributed by atoms with E-state index in [1.54, 1.807) is 18.7 Å². The van der Waals surface area contributed by atoms with Crippen LogP contribution in [-0.2, 0) is 6.54 Å². The molecule has 0 aliphatic rings. The summed E-state index contributed by atoms with van der Waals surface area (Å²) in [6.07, 6.45) is 6.59. The van der Waals surface area contributed by atoms with E-state index in [0.717, 1.165) is 18.7 Å². The maximum atomic E-state index is 4.18. The van der Waals surface area contributed by atoms with Crippen LogP contribution in [0.3, 0.4) is 0 Å². The van der Waals surface area contributed by atoms with Gasteiger partial charge in [-0.05, 0) is 6.54 Å². The first-order valence-electron chi connectivity index (χ1n) is 4.77. The molecule has 2 aromatic rings. The zero-order valence-electron chi connectivity index (χ0n) is 8.46. The van der Waals surface area contributed by atoms with E-state index in [2.05, 4.69) is 32.3 Å². The van der Waals surface area contributed by atoms with Gasteiger partial charge in [-0.2, -0.15) is 9.78 Å². The number of nitrogens with zero attached hydrogens (tertiary/aromatic N) is 5. The van der Waals surface area contributed by atoms with Crippen LogP contribution in [0.2, 0.25) is 0 Å². The first-order chi connectivity index (χ1) is 7.40. The molecule has 0 saturated heterocycles. The Morgan fingerprint density at radius 1 is 1.33 bits per heavy atom. The SMILES string of the molecule is CCNCc1cnc(-n2cncn2)nc1. The lowest BCUT2D eigenvalue weighted by Crippen LogP contribution is -2.12. The first-order valence-corrected chi connectivity index (χ1v) is 4.77. The van der Waals surface area contributed by atoms with Crippen LogP contribution in [-0.4, -0.2) is 31.3 Å². The molecule has 6 heteroatoms. The maximum absolute atomic E-state index is 4.18. The molecule has 0 saturated carbocycles. The summed E-state index contributed by atoms with van der Waals surface area (Å²) in [6.45, 7) is 3.78. The number of aromatic nitrogens is 5. The summed E-state index contributed by atoms with van der Waals surface area (Å²) < 4.78 is 1.52. The third kappa shape index (κ3) is 2.35. The third-order valence-corrected chi connectivity index (χ3v) is 1.89. The Balaban J connectivity index is 2.11. The van der Waals surface area contributed by atoms with Crippen molar-refractivity contribution in [1.82, 2.24) is 30.0 Å². The average Bonchev–Trinajstić information content (AvgIpc) is 2.80. The molecular formula is C9H12N6. The van der Waals surface area contributed by atoms with Gasteiger partial charge in [0.25, 0.3) is 5.95 Å². The van der Waals surface area contributed by atoms with E-state index < -0.39 is 0 Å². The van der Waals surface area contributed by atoms with E-state index in [4.69, 9.17) is 0 Å². The molecule has 2 aromatic heterocycles. The van der Waals surface area contributed by atoms with E-state index in [1.807, 2.05) is 0 Å². The molecule has 0 aliphatic carbocycles. The van der Waals surface area contributed by atoms with Crippen molar-refractivity contribution in [2.75, 3.05) is 6.54 Å². The molecule has 0 fully saturated rings. The second-order valence-corrected chi connectivity index (χ2v) is 3.01. The van der Waals surface area contributed by atoms with Crippen molar-refractivity contribution >= 4 is 0 Å². The van der Waals surface area contributed by atoms with Gasteiger partial charge in [-0.3, -0.25) is 0 Å². The largest absolute Gasteiger partial charge is 0.313 e. The fraction of sp³-hybridized carbons (Fsp3) is 0.333. The predicted molar refractivity (Wildman–Crippen MR) is 54.3 cm³/mol. The predicted octanol–water partition coefficient (Wildman–Crippen LogP) is 0.167. The lowest BCUT2D eigenvalue weighted by molar-refractivity contribution is 0.715. The van der Waals surface area contributed by atoms with Crippen molar-refractivity contribution in [2.45, 2.75) is 13.5 Å². The molecule has 0 atom stereocenters. The molecule has 6 nitrogen and oxygen atoms in total. The first kappa shape index (κ1) is 9.72. The summed E-state index contributed by atoms with van der Waals surface area (Å²) in [4.78, 5) is 12.2. The van der Waals surface area contributed by atoms with Gasteiger partial charge in [0, 0.05) is 24.5 Å². The Morgan fingerprint density at radius 3 is 2.73 bits per heavy atom. The van der Waals surface area contributed by atoms with Gasteiger partial charge in [-0.15, -0.1) is 0 Å². The summed E-state index contributed by atoms with van der Waals surface area (Å²) >= 11 is 0. The summed E-state index contributed by atoms with van der Waals surface area (Å²) in [5.41, 5.74) is 1.06. The Morgan fingerprint density at radius 2 is 2.13 bits per heavy atom. The minimum absolute atomic E-state index is 0.535. The van der Waals surface area contributed by atoms with E-state index in [0.29, 0.717) is 5.95 Å². The zero-order chi connectivity index (χ0) is 10.5. The summed E-state index contributed by atoms with van der Waals surface area (Å²) in [5.74, 6) is 0.535. The second kappa shape index (κ2) is 4.61. The van der Waals surface area contributed by atoms with E-state index in [9.17, 15) is 0 Å². The zero-order valence-corrected chi connectivity index (χ0v) is 8.46. The van der Waals surface area contributed by atoms with E-state index in [-0.39, 0.29) is 0 Å². The average molecular weight is 204 g/mol. The van der Waals surface area contributed by atoms with Gasteiger partial charge in [0.1, 0.15) is 12.7 Å². The molecule has 15 heavy (non-hydrogen) atoms. The lowest BCUT2D eigenvalue weighted by Gasteiger charge is -2.02. The van der Waals surface area contributed by atoms with E-state index >= 15 is 0 Å². The maximum Gasteiger partial charge on any atom is 0.251 e. The Bertz CT molecular complexity index is 393. The molecule has 0 amide bonds. The summed E-state index contributed by atoms with van der Waals surface area (Å²) in [7, 11) is 0. The molecule has 0 aliphatic heterocycles. The molecular weight excluding hydrogens is 192 g/mol. The van der Waals surface area contributed by atoms with Crippen molar-refractivity contribution in [3.8, 4) is 5.95 Å². The van der Waals surface area contributed by atoms with Gasteiger partial charge in [0.15, 0.2) is 0 Å². The highest BCUT2D eigenvalue weighted by atomic mass is 15.4. The molecule has 0 spiro atoms. The molecule has 2 heterocycles. The van der Waals surface area contributed by atoms with Crippen molar-refractivity contribution < 1.29 is 0 Å². The second-order valence-electron chi connectivity index (χ2n) is 3.01. The number of nitrogens with one attached hydrogen (secondary N) is 1. The molecule has 2 rings (SSSR count). The van der Waals surface area contributed by atoms with Gasteiger partial charge >= 0.3 is 0 Å². The fourth-order valence-corrected chi connectivity index (χ4v) is 1.14. The fourth-order valence-electron chi connectivity index (χ4n) is 1.14. The molecule has 0 bridgehead atoms. The van der Waals surface area contributed by atoms with Crippen LogP contribution in [0.5, 0.6) is 0 Å². The highest BCUT2D eigenvalue weighted by Gasteiger charge is 1.99. The molecule has 0 unspecified atom stereocenters. The number of hydrogen-bond donors (Lipinski definition) is 1. The Labute approximate surface area is 87.4 Å². The van der Waals surface area contributed by atoms with Crippen LogP contribution in [0.4, 0.5) is 0 Å². The smallest absolute Gasteiger partial charge is 0.251 e. The highest BCUT2D eigenvalue weighted by Crippen LogP contribution is 1.98. The molecule has 0 aromatic carbocycles. The molecule has 1 N–H and O–H groups in total. The summed E-state index contributed by atoms with van der Waals surface area (Å²) in [5, 5.41) is 7.15. The Kier molecular flexibility index (Phi) is 2.99. The molecule has 0 radical (unpaired) electrons. The normalized spacial score (nSPS) is 10.5. The lowest BCUT2D eigenvalue weighted by atomic mass is 10.3. The topological polar surface area (TPSA) is 68.5 Å². The quantitative estimate of drug-likeness (QED) is 0.768. The number of rotatable bonds is 4. The standard InChI is InChI=1S/C9H12N6/c1-2-10-3-8-4-12-9(13-5-8)15-7-11-6-14-15/h4-7,10H,2-3H2,1H3. The van der Waals surface area contributed by atoms with Crippen molar-refractivity contribution in [1.29, 1.82) is 0 Å². The van der Waals surface area contributed by atoms with Gasteiger partial charge in [-0.25, -0.2) is 15.0 Å². The van der Waals surface area contributed by atoms with Gasteiger partial charge in [0.05, 0.1) is 0 Å². The van der Waals surface area contributed by atoms with Crippen LogP contribution in [0.15, 0.2) is 25.0 Å². The van der Waals surface area contributed by atoms with Crippen molar-refractivity contribution in [3.63, 3.8) is 0 Å². The van der Waals surface area contributed by atoms with Crippen LogP contribution in [0, 0.1) is 0 Å². The monoisotopic (exact) mass is 204 g/mol. The third-order valence-electron chi connectivity index (χ3n) is 1.89. The van der Waals surface area contributed by atoms with Crippen LogP contribution >= 0.6 is 0 Å². The van der Waals surface area contributed by atoms with Crippen molar-refractivity contribution in [3.05, 3.63) is 30.6 Å². The van der Waals surface area contributed by atoms with E-state index in [1.165, 1.54) is 11.0 Å². The van der Waals surface area contributed by atoms with Gasteiger partial charge in [0.2, 0.25) is 0 Å². The van der Waals surface area contributed by atoms with Crippen molar-refractivity contribution in [2.24, 2.45) is 0 Å². The van der Waals surface area contributed by atoms with Crippen LogP contribution in [0.25, 0.3) is 5.95 Å². The van der Waals surface area contributed by atoms with Gasteiger partial charge < -0.3 is 5.32 Å².